The first-order chi connectivity index (χ1) is 16.9. The number of amides is 1. The highest BCUT2D eigenvalue weighted by Crippen LogP contribution is 2.39. The molecule has 5 nitrogen and oxygen atoms in total. The maximum Gasteiger partial charge on any atom is 0.254 e. The van der Waals surface area contributed by atoms with E-state index in [1.54, 1.807) is 11.8 Å². The van der Waals surface area contributed by atoms with Gasteiger partial charge in [-0.2, -0.15) is 0 Å². The number of carbonyl (C=O) groups excluding carboxylic acids is 1. The van der Waals surface area contributed by atoms with Gasteiger partial charge in [-0.15, -0.1) is 0 Å². The van der Waals surface area contributed by atoms with Gasteiger partial charge in [0.2, 0.25) is 0 Å². The molecule has 2 bridgehead atoms. The largest absolute Gasteiger partial charge is 0.489 e. The van der Waals surface area contributed by atoms with Crippen molar-refractivity contribution < 1.29 is 9.53 Å². The smallest absolute Gasteiger partial charge is 0.254 e. The third kappa shape index (κ3) is 5.49. The van der Waals surface area contributed by atoms with Crippen LogP contribution in [0.4, 0.5) is 0 Å². The summed E-state index contributed by atoms with van der Waals surface area (Å²) < 4.78 is 6.29. The highest BCUT2D eigenvalue weighted by molar-refractivity contribution is 7.98. The highest BCUT2D eigenvalue weighted by Gasteiger charge is 2.44. The molecule has 182 valence electrons. The van der Waals surface area contributed by atoms with Gasteiger partial charge in [0.25, 0.3) is 5.91 Å². The number of ether oxygens (including phenoxy) is 1. The van der Waals surface area contributed by atoms with Crippen molar-refractivity contribution in [1.82, 2.24) is 14.9 Å². The Bertz CT molecular complexity index is 1200. The Hall–Kier alpha value is -2.57. The molecule has 2 fully saturated rings. The summed E-state index contributed by atoms with van der Waals surface area (Å²) in [6, 6.07) is 16.3. The third-order valence-corrected chi connectivity index (χ3v) is 8.07. The molecule has 3 aromatic rings. The normalized spacial score (nSPS) is 21.3. The zero-order valence-corrected chi connectivity index (χ0v) is 21.9. The Morgan fingerprint density at radius 1 is 1.00 bits per heavy atom. The fraction of sp³-hybridized carbons (Fsp3) is 0.393. The summed E-state index contributed by atoms with van der Waals surface area (Å²) >= 11 is 7.97. The van der Waals surface area contributed by atoms with Crippen LogP contribution in [0.25, 0.3) is 0 Å². The topological polar surface area (TPSA) is 55.3 Å². The number of halogens is 1. The minimum absolute atomic E-state index is 0.0859. The lowest BCUT2D eigenvalue weighted by Gasteiger charge is -2.39. The number of thioether (sulfide) groups is 1. The van der Waals surface area contributed by atoms with Crippen molar-refractivity contribution in [3.05, 3.63) is 81.6 Å². The summed E-state index contributed by atoms with van der Waals surface area (Å²) in [7, 11) is 0. The summed E-state index contributed by atoms with van der Waals surface area (Å²) in [6.45, 7) is 6.01. The van der Waals surface area contributed by atoms with Crippen molar-refractivity contribution in [2.75, 3.05) is 0 Å². The van der Waals surface area contributed by atoms with Gasteiger partial charge >= 0.3 is 0 Å². The first-order valence-corrected chi connectivity index (χ1v) is 13.5. The van der Waals surface area contributed by atoms with Gasteiger partial charge in [-0.05, 0) is 75.1 Å². The molecule has 0 saturated carbocycles. The summed E-state index contributed by atoms with van der Waals surface area (Å²) in [5, 5.41) is 1.43. The third-order valence-electron chi connectivity index (χ3n) is 6.84. The van der Waals surface area contributed by atoms with Crippen molar-refractivity contribution >= 4 is 29.3 Å². The number of fused-ring (bicyclic) bond motifs is 2. The van der Waals surface area contributed by atoms with Crippen molar-refractivity contribution in [1.29, 1.82) is 0 Å². The molecule has 2 aliphatic rings. The second kappa shape index (κ2) is 10.2. The van der Waals surface area contributed by atoms with E-state index in [1.165, 1.54) is 0 Å². The molecule has 2 saturated heterocycles. The van der Waals surface area contributed by atoms with Crippen LogP contribution >= 0.6 is 23.4 Å². The number of carbonyl (C=O) groups is 1. The van der Waals surface area contributed by atoms with E-state index < -0.39 is 0 Å². The summed E-state index contributed by atoms with van der Waals surface area (Å²) in [4.78, 5) is 24.5. The van der Waals surface area contributed by atoms with Crippen LogP contribution in [0.2, 0.25) is 5.02 Å². The van der Waals surface area contributed by atoms with E-state index in [0.717, 1.165) is 70.4 Å². The average molecular weight is 508 g/mol. The molecular formula is C28H30ClN3O2S. The lowest BCUT2D eigenvalue weighted by Crippen LogP contribution is -2.49. The summed E-state index contributed by atoms with van der Waals surface area (Å²) in [6.07, 6.45) is 3.84. The van der Waals surface area contributed by atoms with E-state index in [-0.39, 0.29) is 24.1 Å². The zero-order chi connectivity index (χ0) is 24.5. The maximum absolute atomic E-state index is 13.4. The van der Waals surface area contributed by atoms with Crippen LogP contribution in [0, 0.1) is 20.8 Å². The minimum atomic E-state index is 0.0859. The van der Waals surface area contributed by atoms with Gasteiger partial charge in [0, 0.05) is 47.6 Å². The Balaban J connectivity index is 1.21. The average Bonchev–Trinajstić information content (AvgIpc) is 3.09. The summed E-state index contributed by atoms with van der Waals surface area (Å²) in [5.41, 5.74) is 4.99. The number of aromatic nitrogens is 2. The zero-order valence-electron chi connectivity index (χ0n) is 20.3. The minimum Gasteiger partial charge on any atom is -0.489 e. The Kier molecular flexibility index (Phi) is 7.03. The van der Waals surface area contributed by atoms with E-state index in [4.69, 9.17) is 16.3 Å². The second-order valence-electron chi connectivity index (χ2n) is 9.66. The predicted octanol–water partition coefficient (Wildman–Crippen LogP) is 6.56. The molecule has 0 spiro atoms. The molecule has 1 amide bonds. The van der Waals surface area contributed by atoms with Gasteiger partial charge < -0.3 is 9.64 Å². The Morgan fingerprint density at radius 2 is 1.66 bits per heavy atom. The van der Waals surface area contributed by atoms with Crippen LogP contribution in [-0.4, -0.2) is 39.0 Å². The summed E-state index contributed by atoms with van der Waals surface area (Å²) in [5.74, 6) is 1.64. The van der Waals surface area contributed by atoms with Crippen molar-refractivity contribution in [3.8, 4) is 5.75 Å². The number of benzene rings is 2. The molecule has 5 rings (SSSR count). The van der Waals surface area contributed by atoms with Crippen molar-refractivity contribution in [3.63, 3.8) is 0 Å². The van der Waals surface area contributed by atoms with E-state index in [0.29, 0.717) is 5.02 Å². The molecule has 2 aromatic carbocycles. The first-order valence-electron chi connectivity index (χ1n) is 12.1. The SMILES string of the molecule is Cc1ccc(Cl)c(OC2C[C@H]3CC[C@@H](C2)N3C(=O)c2ccc(CSc3nc(C)cc(C)n3)cc2)c1. The lowest BCUT2D eigenvalue weighted by atomic mass is 9.98. The molecule has 3 atom stereocenters. The number of rotatable bonds is 6. The molecule has 1 unspecified atom stereocenters. The lowest BCUT2D eigenvalue weighted by molar-refractivity contribution is 0.0359. The Morgan fingerprint density at radius 3 is 2.31 bits per heavy atom. The van der Waals surface area contributed by atoms with Crippen LogP contribution in [0.15, 0.2) is 53.7 Å². The molecule has 3 heterocycles. The number of aryl methyl sites for hydroxylation is 3. The van der Waals surface area contributed by atoms with Gasteiger partial charge in [-0.3, -0.25) is 4.79 Å². The van der Waals surface area contributed by atoms with Crippen LogP contribution in [0.5, 0.6) is 5.75 Å². The monoisotopic (exact) mass is 507 g/mol. The van der Waals surface area contributed by atoms with Crippen LogP contribution in [0.1, 0.15) is 58.6 Å². The predicted molar refractivity (Wildman–Crippen MR) is 140 cm³/mol. The van der Waals surface area contributed by atoms with E-state index in [1.807, 2.05) is 69.3 Å². The fourth-order valence-corrected chi connectivity index (χ4v) is 6.30. The van der Waals surface area contributed by atoms with E-state index in [9.17, 15) is 4.79 Å². The van der Waals surface area contributed by atoms with Gasteiger partial charge in [-0.1, -0.05) is 41.6 Å². The number of hydrogen-bond donors (Lipinski definition) is 0. The van der Waals surface area contributed by atoms with Gasteiger partial charge in [0.1, 0.15) is 11.9 Å². The Labute approximate surface area is 216 Å². The molecule has 7 heteroatoms. The molecule has 1 aromatic heterocycles. The van der Waals surface area contributed by atoms with E-state index >= 15 is 0 Å². The standard InChI is InChI=1S/C28H30ClN3O2S/c1-17-4-11-25(29)26(12-17)34-24-14-22-9-10-23(15-24)32(22)27(33)21-7-5-20(6-8-21)16-35-28-30-18(2)13-19(3)31-28/h4-8,11-13,22-24H,9-10,14-16H2,1-3H3/t22-,23+,24?. The van der Waals surface area contributed by atoms with Crippen LogP contribution < -0.4 is 4.74 Å². The molecule has 0 radical (unpaired) electrons. The van der Waals surface area contributed by atoms with E-state index in [2.05, 4.69) is 14.9 Å². The number of nitrogens with zero attached hydrogens (tertiary/aromatic N) is 3. The molecular weight excluding hydrogens is 478 g/mol. The molecule has 0 aliphatic carbocycles. The number of piperidine rings is 1. The number of hydrogen-bond acceptors (Lipinski definition) is 5. The molecule has 2 aliphatic heterocycles. The maximum atomic E-state index is 13.4. The van der Waals surface area contributed by atoms with Crippen molar-refractivity contribution in [2.45, 2.75) is 75.6 Å². The van der Waals surface area contributed by atoms with Gasteiger partial charge in [0.05, 0.1) is 5.02 Å². The quantitative estimate of drug-likeness (QED) is 0.279. The van der Waals surface area contributed by atoms with Gasteiger partial charge in [-0.25, -0.2) is 9.97 Å². The molecule has 35 heavy (non-hydrogen) atoms. The second-order valence-corrected chi connectivity index (χ2v) is 11.0. The van der Waals surface area contributed by atoms with Crippen molar-refractivity contribution in [2.24, 2.45) is 0 Å². The van der Waals surface area contributed by atoms with Crippen LogP contribution in [-0.2, 0) is 5.75 Å². The first kappa shape index (κ1) is 24.1. The molecule has 0 N–H and O–H groups in total. The van der Waals surface area contributed by atoms with Crippen LogP contribution in [0.3, 0.4) is 0 Å². The van der Waals surface area contributed by atoms with Gasteiger partial charge in [0.15, 0.2) is 5.16 Å². The highest BCUT2D eigenvalue weighted by atomic mass is 35.5. The fourth-order valence-electron chi connectivity index (χ4n) is 5.23.